The Kier molecular flexibility index (Phi) is 3.47. The number of ether oxygens (including phenoxy) is 1. The smallest absolute Gasteiger partial charge is 0.0594 e. The molecule has 0 aromatic rings. The zero-order valence-electron chi connectivity index (χ0n) is 6.25. The van der Waals surface area contributed by atoms with Gasteiger partial charge in [-0.2, -0.15) is 0 Å². The van der Waals surface area contributed by atoms with E-state index in [1.54, 1.807) is 0 Å². The van der Waals surface area contributed by atoms with E-state index in [9.17, 15) is 0 Å². The third-order valence-corrected chi connectivity index (χ3v) is 1.63. The Morgan fingerprint density at radius 2 is 2.10 bits per heavy atom. The number of rotatable bonds is 2. The summed E-state index contributed by atoms with van der Waals surface area (Å²) in [5.41, 5.74) is 0. The first-order chi connectivity index (χ1) is 4.93. The van der Waals surface area contributed by atoms with Crippen LogP contribution in [0.25, 0.3) is 0 Å². The third kappa shape index (κ3) is 2.50. The Morgan fingerprint density at radius 1 is 1.40 bits per heavy atom. The van der Waals surface area contributed by atoms with Gasteiger partial charge in [0, 0.05) is 19.6 Å². The van der Waals surface area contributed by atoms with E-state index >= 15 is 0 Å². The SMILES string of the molecule is [CH2]/C=C\CN1CCOCC1. The van der Waals surface area contributed by atoms with E-state index < -0.39 is 0 Å². The van der Waals surface area contributed by atoms with Gasteiger partial charge in [0.2, 0.25) is 0 Å². The van der Waals surface area contributed by atoms with Gasteiger partial charge < -0.3 is 4.74 Å². The van der Waals surface area contributed by atoms with Crippen molar-refractivity contribution in [1.29, 1.82) is 0 Å². The molecule has 1 aliphatic rings. The Bertz CT molecular complexity index is 106. The van der Waals surface area contributed by atoms with Crippen molar-refractivity contribution in [1.82, 2.24) is 4.90 Å². The summed E-state index contributed by atoms with van der Waals surface area (Å²) < 4.78 is 5.20. The largest absolute Gasteiger partial charge is 0.379 e. The first kappa shape index (κ1) is 7.76. The number of morpholine rings is 1. The van der Waals surface area contributed by atoms with Gasteiger partial charge in [-0.25, -0.2) is 0 Å². The lowest BCUT2D eigenvalue weighted by Crippen LogP contribution is -2.36. The fraction of sp³-hybridized carbons (Fsp3) is 0.625. The Labute approximate surface area is 62.5 Å². The Balaban J connectivity index is 2.13. The van der Waals surface area contributed by atoms with E-state index in [1.807, 2.05) is 6.08 Å². The van der Waals surface area contributed by atoms with Crippen LogP contribution in [0.5, 0.6) is 0 Å². The molecule has 1 rings (SSSR count). The molecule has 0 aromatic heterocycles. The molecule has 2 nitrogen and oxygen atoms in total. The molecule has 0 spiro atoms. The van der Waals surface area contributed by atoms with Gasteiger partial charge in [-0.15, -0.1) is 0 Å². The van der Waals surface area contributed by atoms with Crippen molar-refractivity contribution >= 4 is 0 Å². The average Bonchev–Trinajstić information content (AvgIpc) is 2.03. The van der Waals surface area contributed by atoms with Gasteiger partial charge in [0.05, 0.1) is 13.2 Å². The van der Waals surface area contributed by atoms with Crippen molar-refractivity contribution in [3.05, 3.63) is 19.1 Å². The van der Waals surface area contributed by atoms with Gasteiger partial charge in [-0.05, 0) is 6.92 Å². The number of allylic oxidation sites excluding steroid dienone is 1. The quantitative estimate of drug-likeness (QED) is 0.560. The minimum absolute atomic E-state index is 0.880. The summed E-state index contributed by atoms with van der Waals surface area (Å²) in [6.45, 7) is 8.53. The normalized spacial score (nSPS) is 22.1. The Hall–Kier alpha value is -0.340. The Morgan fingerprint density at radius 3 is 2.70 bits per heavy atom. The first-order valence-corrected chi connectivity index (χ1v) is 3.68. The topological polar surface area (TPSA) is 12.5 Å². The zero-order chi connectivity index (χ0) is 7.23. The number of hydrogen-bond acceptors (Lipinski definition) is 2. The molecular weight excluding hydrogens is 126 g/mol. The second-order valence-corrected chi connectivity index (χ2v) is 2.38. The maximum atomic E-state index is 5.20. The monoisotopic (exact) mass is 140 g/mol. The summed E-state index contributed by atoms with van der Waals surface area (Å²) in [5, 5.41) is 0. The van der Waals surface area contributed by atoms with E-state index in [0.29, 0.717) is 0 Å². The molecular formula is C8H14NO. The summed E-state index contributed by atoms with van der Waals surface area (Å²) in [6.07, 6.45) is 3.92. The second-order valence-electron chi connectivity index (χ2n) is 2.38. The molecule has 0 amide bonds. The molecule has 0 saturated carbocycles. The van der Waals surface area contributed by atoms with Crippen LogP contribution >= 0.6 is 0 Å². The van der Waals surface area contributed by atoms with Crippen LogP contribution in [0.4, 0.5) is 0 Å². The highest BCUT2D eigenvalue weighted by Crippen LogP contribution is 1.95. The molecule has 2 heteroatoms. The maximum absolute atomic E-state index is 5.20. The van der Waals surface area contributed by atoms with Crippen LogP contribution in [0, 0.1) is 6.92 Å². The molecule has 1 aliphatic heterocycles. The lowest BCUT2D eigenvalue weighted by atomic mass is 10.4. The fourth-order valence-electron chi connectivity index (χ4n) is 1.01. The first-order valence-electron chi connectivity index (χ1n) is 3.68. The van der Waals surface area contributed by atoms with Crippen molar-refractivity contribution in [3.63, 3.8) is 0 Å². The molecule has 0 aliphatic carbocycles. The highest BCUT2D eigenvalue weighted by molar-refractivity contribution is 4.87. The fourth-order valence-corrected chi connectivity index (χ4v) is 1.01. The molecule has 1 fully saturated rings. The zero-order valence-corrected chi connectivity index (χ0v) is 6.25. The van der Waals surface area contributed by atoms with Crippen molar-refractivity contribution in [2.75, 3.05) is 32.8 Å². The number of hydrogen-bond donors (Lipinski definition) is 0. The molecule has 0 unspecified atom stereocenters. The van der Waals surface area contributed by atoms with Gasteiger partial charge in [0.25, 0.3) is 0 Å². The van der Waals surface area contributed by atoms with Crippen LogP contribution in [-0.4, -0.2) is 37.7 Å². The van der Waals surface area contributed by atoms with Gasteiger partial charge >= 0.3 is 0 Å². The van der Waals surface area contributed by atoms with Crippen molar-refractivity contribution in [3.8, 4) is 0 Å². The molecule has 0 aromatic carbocycles. The summed E-state index contributed by atoms with van der Waals surface area (Å²) in [6, 6.07) is 0. The molecule has 1 heterocycles. The maximum Gasteiger partial charge on any atom is 0.0594 e. The summed E-state index contributed by atoms with van der Waals surface area (Å²) in [7, 11) is 0. The van der Waals surface area contributed by atoms with E-state index in [1.165, 1.54) is 0 Å². The van der Waals surface area contributed by atoms with Gasteiger partial charge in [-0.1, -0.05) is 12.2 Å². The lowest BCUT2D eigenvalue weighted by Gasteiger charge is -2.24. The van der Waals surface area contributed by atoms with Crippen LogP contribution < -0.4 is 0 Å². The molecule has 10 heavy (non-hydrogen) atoms. The van der Waals surface area contributed by atoms with Crippen molar-refractivity contribution < 1.29 is 4.74 Å². The highest BCUT2D eigenvalue weighted by atomic mass is 16.5. The standard InChI is InChI=1S/C8H14NO/c1-2-3-4-9-5-7-10-8-6-9/h2-3H,1,4-8H2/b3-2-. The van der Waals surface area contributed by atoms with E-state index in [2.05, 4.69) is 17.9 Å². The summed E-state index contributed by atoms with van der Waals surface area (Å²) in [4.78, 5) is 2.35. The molecule has 1 radical (unpaired) electrons. The predicted molar refractivity (Wildman–Crippen MR) is 41.8 cm³/mol. The van der Waals surface area contributed by atoms with Crippen LogP contribution in [0.3, 0.4) is 0 Å². The third-order valence-electron chi connectivity index (χ3n) is 1.63. The predicted octanol–water partition coefficient (Wildman–Crippen LogP) is 0.709. The van der Waals surface area contributed by atoms with Crippen molar-refractivity contribution in [2.24, 2.45) is 0 Å². The highest BCUT2D eigenvalue weighted by Gasteiger charge is 2.06. The average molecular weight is 140 g/mol. The van der Waals surface area contributed by atoms with Crippen LogP contribution in [-0.2, 0) is 4.74 Å². The molecule has 1 saturated heterocycles. The molecule has 57 valence electrons. The summed E-state index contributed by atoms with van der Waals surface area (Å²) in [5.74, 6) is 0. The van der Waals surface area contributed by atoms with Gasteiger partial charge in [-0.3, -0.25) is 4.90 Å². The van der Waals surface area contributed by atoms with Crippen molar-refractivity contribution in [2.45, 2.75) is 0 Å². The lowest BCUT2D eigenvalue weighted by molar-refractivity contribution is 0.0434. The van der Waals surface area contributed by atoms with E-state index in [0.717, 1.165) is 32.8 Å². The molecule has 0 bridgehead atoms. The minimum atomic E-state index is 0.880. The second kappa shape index (κ2) is 4.47. The van der Waals surface area contributed by atoms with E-state index in [-0.39, 0.29) is 0 Å². The van der Waals surface area contributed by atoms with Crippen LogP contribution in [0.1, 0.15) is 0 Å². The molecule has 0 atom stereocenters. The van der Waals surface area contributed by atoms with Gasteiger partial charge in [0.1, 0.15) is 0 Å². The summed E-state index contributed by atoms with van der Waals surface area (Å²) >= 11 is 0. The molecule has 0 N–H and O–H groups in total. The number of nitrogens with zero attached hydrogens (tertiary/aromatic N) is 1. The van der Waals surface area contributed by atoms with Crippen LogP contribution in [0.2, 0.25) is 0 Å². The van der Waals surface area contributed by atoms with E-state index in [4.69, 9.17) is 4.74 Å². The minimum Gasteiger partial charge on any atom is -0.379 e. The van der Waals surface area contributed by atoms with Crippen LogP contribution in [0.15, 0.2) is 12.2 Å². The van der Waals surface area contributed by atoms with Gasteiger partial charge in [0.15, 0.2) is 0 Å².